The molecule has 1 heterocycles. The van der Waals surface area contributed by atoms with Crippen molar-refractivity contribution < 1.29 is 9.53 Å². The molecule has 5 nitrogen and oxygen atoms in total. The molecule has 1 N–H and O–H groups in total. The van der Waals surface area contributed by atoms with Gasteiger partial charge in [-0.15, -0.1) is 0 Å². The molecule has 1 amide bonds. The van der Waals surface area contributed by atoms with Crippen LogP contribution in [0.3, 0.4) is 0 Å². The van der Waals surface area contributed by atoms with Crippen LogP contribution in [0.5, 0.6) is 5.75 Å². The molecule has 4 rings (SSSR count). The van der Waals surface area contributed by atoms with E-state index in [2.05, 4.69) is 5.32 Å². The van der Waals surface area contributed by atoms with E-state index in [-0.39, 0.29) is 11.9 Å². The number of benzene rings is 3. The van der Waals surface area contributed by atoms with Gasteiger partial charge in [-0.2, -0.15) is 0 Å². The van der Waals surface area contributed by atoms with Crippen LogP contribution in [-0.4, -0.2) is 21.6 Å². The molecule has 0 unspecified atom stereocenters. The van der Waals surface area contributed by atoms with Crippen LogP contribution in [-0.2, 0) is 11.8 Å². The maximum Gasteiger partial charge on any atom is 0.261 e. The van der Waals surface area contributed by atoms with Gasteiger partial charge in [0, 0.05) is 7.05 Å². The first-order chi connectivity index (χ1) is 14.1. The summed E-state index contributed by atoms with van der Waals surface area (Å²) in [6.07, 6.45) is -0.640. The lowest BCUT2D eigenvalue weighted by atomic mass is 10.1. The lowest BCUT2D eigenvalue weighted by molar-refractivity contribution is -0.127. The number of hydrogen-bond acceptors (Lipinski definition) is 3. The molecule has 0 saturated carbocycles. The first-order valence-corrected chi connectivity index (χ1v) is 9.62. The van der Waals surface area contributed by atoms with Gasteiger partial charge >= 0.3 is 0 Å². The number of nitrogens with one attached hydrogen (secondary N) is 1. The van der Waals surface area contributed by atoms with Gasteiger partial charge in [-0.1, -0.05) is 60.7 Å². The zero-order chi connectivity index (χ0) is 20.2. The third-order valence-corrected chi connectivity index (χ3v) is 4.92. The summed E-state index contributed by atoms with van der Waals surface area (Å²) in [6, 6.07) is 26.8. The van der Waals surface area contributed by atoms with Gasteiger partial charge in [0.05, 0.1) is 11.0 Å². The Balaban J connectivity index is 1.64. The standard InChI is InChI=1S/C24H23N3O2/c1-17(29-19-13-7-4-8-14-19)24(28)26-22(18-11-5-3-6-12-18)23-25-20-15-9-10-16-21(20)27(23)2/h3-17,22H,1-2H3,(H,26,28)/t17-,22-/m0/s1. The Hall–Kier alpha value is -3.60. The van der Waals surface area contributed by atoms with E-state index in [0.717, 1.165) is 22.4 Å². The van der Waals surface area contributed by atoms with Gasteiger partial charge in [0.2, 0.25) is 0 Å². The second-order valence-electron chi connectivity index (χ2n) is 6.94. The average Bonchev–Trinajstić information content (AvgIpc) is 3.09. The van der Waals surface area contributed by atoms with Crippen LogP contribution >= 0.6 is 0 Å². The van der Waals surface area contributed by atoms with Crippen LogP contribution in [0.4, 0.5) is 0 Å². The molecule has 0 aliphatic heterocycles. The fourth-order valence-corrected chi connectivity index (χ4v) is 3.38. The van der Waals surface area contributed by atoms with Crippen molar-refractivity contribution in [1.29, 1.82) is 0 Å². The van der Waals surface area contributed by atoms with E-state index in [0.29, 0.717) is 5.75 Å². The number of carbonyl (C=O) groups excluding carboxylic acids is 1. The zero-order valence-electron chi connectivity index (χ0n) is 16.4. The molecule has 0 spiro atoms. The lowest BCUT2D eigenvalue weighted by Crippen LogP contribution is -2.39. The zero-order valence-corrected chi connectivity index (χ0v) is 16.4. The van der Waals surface area contributed by atoms with Crippen LogP contribution in [0.2, 0.25) is 0 Å². The van der Waals surface area contributed by atoms with Crippen molar-refractivity contribution in [3.05, 3.63) is 96.3 Å². The number of aryl methyl sites for hydroxylation is 1. The summed E-state index contributed by atoms with van der Waals surface area (Å²) in [5.41, 5.74) is 2.88. The van der Waals surface area contributed by atoms with E-state index in [1.807, 2.05) is 96.5 Å². The number of ether oxygens (including phenoxy) is 1. The van der Waals surface area contributed by atoms with Gasteiger partial charge in [-0.3, -0.25) is 4.79 Å². The summed E-state index contributed by atoms with van der Waals surface area (Å²) in [7, 11) is 1.97. The maximum absolute atomic E-state index is 13.0. The number of aromatic nitrogens is 2. The van der Waals surface area contributed by atoms with E-state index in [1.54, 1.807) is 6.92 Å². The highest BCUT2D eigenvalue weighted by Crippen LogP contribution is 2.25. The molecule has 0 radical (unpaired) electrons. The fourth-order valence-electron chi connectivity index (χ4n) is 3.38. The predicted octanol–water partition coefficient (Wildman–Crippen LogP) is 4.25. The number of carbonyl (C=O) groups is 1. The minimum atomic E-state index is -0.640. The molecule has 5 heteroatoms. The van der Waals surface area contributed by atoms with Crippen molar-refractivity contribution in [3.63, 3.8) is 0 Å². The highest BCUT2D eigenvalue weighted by atomic mass is 16.5. The van der Waals surface area contributed by atoms with Crippen molar-refractivity contribution >= 4 is 16.9 Å². The van der Waals surface area contributed by atoms with Crippen molar-refractivity contribution in [2.75, 3.05) is 0 Å². The van der Waals surface area contributed by atoms with E-state index in [9.17, 15) is 4.79 Å². The molecule has 0 aliphatic carbocycles. The smallest absolute Gasteiger partial charge is 0.261 e. The van der Waals surface area contributed by atoms with Crippen LogP contribution in [0.1, 0.15) is 24.4 Å². The van der Waals surface area contributed by atoms with Crippen molar-refractivity contribution in [2.45, 2.75) is 19.1 Å². The average molecular weight is 385 g/mol. The molecule has 4 aromatic rings. The van der Waals surface area contributed by atoms with E-state index < -0.39 is 6.10 Å². The number of fused-ring (bicyclic) bond motifs is 1. The normalized spacial score (nSPS) is 13.0. The highest BCUT2D eigenvalue weighted by molar-refractivity contribution is 5.82. The molecule has 0 fully saturated rings. The Morgan fingerprint density at radius 3 is 2.24 bits per heavy atom. The van der Waals surface area contributed by atoms with Crippen molar-refractivity contribution in [2.24, 2.45) is 7.05 Å². The van der Waals surface area contributed by atoms with Crippen LogP contribution in [0.15, 0.2) is 84.9 Å². The summed E-state index contributed by atoms with van der Waals surface area (Å²) in [6.45, 7) is 1.75. The summed E-state index contributed by atoms with van der Waals surface area (Å²) >= 11 is 0. The number of imidazole rings is 1. The van der Waals surface area contributed by atoms with Crippen molar-refractivity contribution in [3.8, 4) is 5.75 Å². The Morgan fingerprint density at radius 2 is 1.55 bits per heavy atom. The fraction of sp³-hybridized carbons (Fsp3) is 0.167. The molecule has 0 saturated heterocycles. The number of rotatable bonds is 6. The molecular weight excluding hydrogens is 362 g/mol. The van der Waals surface area contributed by atoms with E-state index >= 15 is 0 Å². The number of hydrogen-bond donors (Lipinski definition) is 1. The highest BCUT2D eigenvalue weighted by Gasteiger charge is 2.25. The molecule has 0 aliphatic rings. The predicted molar refractivity (Wildman–Crippen MR) is 114 cm³/mol. The first kappa shape index (κ1) is 18.7. The minimum absolute atomic E-state index is 0.199. The first-order valence-electron chi connectivity index (χ1n) is 9.62. The molecule has 2 atom stereocenters. The largest absolute Gasteiger partial charge is 0.481 e. The van der Waals surface area contributed by atoms with Gasteiger partial charge in [0.15, 0.2) is 6.10 Å². The van der Waals surface area contributed by atoms with Crippen LogP contribution < -0.4 is 10.1 Å². The SMILES string of the molecule is C[C@H](Oc1ccccc1)C(=O)N[C@@H](c1ccccc1)c1nc2ccccc2n1C. The summed E-state index contributed by atoms with van der Waals surface area (Å²) in [5, 5.41) is 3.12. The molecule has 29 heavy (non-hydrogen) atoms. The molecule has 1 aromatic heterocycles. The summed E-state index contributed by atoms with van der Waals surface area (Å²) in [5.74, 6) is 1.24. The molecular formula is C24H23N3O2. The second kappa shape index (κ2) is 8.19. The van der Waals surface area contributed by atoms with E-state index in [4.69, 9.17) is 9.72 Å². The second-order valence-corrected chi connectivity index (χ2v) is 6.94. The third kappa shape index (κ3) is 3.99. The topological polar surface area (TPSA) is 56.1 Å². The molecule has 0 bridgehead atoms. The minimum Gasteiger partial charge on any atom is -0.481 e. The van der Waals surface area contributed by atoms with Gasteiger partial charge in [0.25, 0.3) is 5.91 Å². The number of para-hydroxylation sites is 3. The molecule has 3 aromatic carbocycles. The van der Waals surface area contributed by atoms with Gasteiger partial charge in [0.1, 0.15) is 17.6 Å². The Morgan fingerprint density at radius 1 is 0.931 bits per heavy atom. The van der Waals surface area contributed by atoms with Crippen LogP contribution in [0, 0.1) is 0 Å². The van der Waals surface area contributed by atoms with Crippen LogP contribution in [0.25, 0.3) is 11.0 Å². The molecule has 146 valence electrons. The third-order valence-electron chi connectivity index (χ3n) is 4.92. The Bertz CT molecular complexity index is 1110. The van der Waals surface area contributed by atoms with Gasteiger partial charge in [-0.05, 0) is 36.8 Å². The number of amides is 1. The van der Waals surface area contributed by atoms with Gasteiger partial charge in [-0.25, -0.2) is 4.98 Å². The van der Waals surface area contributed by atoms with E-state index in [1.165, 1.54) is 0 Å². The van der Waals surface area contributed by atoms with Crippen molar-refractivity contribution in [1.82, 2.24) is 14.9 Å². The summed E-state index contributed by atoms with van der Waals surface area (Å²) in [4.78, 5) is 17.8. The Kier molecular flexibility index (Phi) is 5.29. The Labute approximate surface area is 170 Å². The quantitative estimate of drug-likeness (QED) is 0.540. The lowest BCUT2D eigenvalue weighted by Gasteiger charge is -2.22. The maximum atomic E-state index is 13.0. The summed E-state index contributed by atoms with van der Waals surface area (Å²) < 4.78 is 7.82. The number of nitrogens with zero attached hydrogens (tertiary/aromatic N) is 2. The monoisotopic (exact) mass is 385 g/mol. The van der Waals surface area contributed by atoms with Gasteiger partial charge < -0.3 is 14.6 Å².